The highest BCUT2D eigenvalue weighted by atomic mass is 19.3. The molecule has 0 bridgehead atoms. The summed E-state index contributed by atoms with van der Waals surface area (Å²) in [5, 5.41) is 1.69. The summed E-state index contributed by atoms with van der Waals surface area (Å²) in [7, 11) is 0. The minimum atomic E-state index is -3.09. The molecular weight excluding hydrogens is 472 g/mol. The second-order valence-electron chi connectivity index (χ2n) is 8.18. The lowest BCUT2D eigenvalue weighted by Gasteiger charge is -2.24. The van der Waals surface area contributed by atoms with Gasteiger partial charge in [0, 0.05) is 44.4 Å². The first kappa shape index (κ1) is 24.9. The van der Waals surface area contributed by atoms with Gasteiger partial charge in [0.05, 0.1) is 31.1 Å². The maximum Gasteiger partial charge on any atom is 0.414 e. The number of anilines is 2. The number of hydroxylamine groups is 2. The number of Topliss-reactive ketones (excluding diaryl/α,β-unsaturated/α-hetero) is 1. The molecule has 0 radical (unpaired) electrons. The third-order valence-corrected chi connectivity index (χ3v) is 5.78. The number of halogens is 4. The Kier molecular flexibility index (Phi) is 7.81. The normalized spacial score (nSPS) is 19.2. The molecule has 0 unspecified atom stereocenters. The molecule has 0 spiro atoms. The van der Waals surface area contributed by atoms with Crippen LogP contribution in [0.25, 0.3) is 0 Å². The van der Waals surface area contributed by atoms with Gasteiger partial charge >= 0.3 is 6.09 Å². The SMILES string of the molecule is O=C(CC[C@H]1CN(c2cc(F)c(N3CCON(Cc4ccccn4)CC3)c(F)c2)C(=O)O1)C(F)F. The van der Waals surface area contributed by atoms with Gasteiger partial charge < -0.3 is 9.64 Å². The minimum Gasteiger partial charge on any atom is -0.444 e. The molecule has 1 atom stereocenters. The number of rotatable bonds is 8. The summed E-state index contributed by atoms with van der Waals surface area (Å²) in [6.45, 7) is 1.47. The van der Waals surface area contributed by atoms with Crippen LogP contribution in [-0.2, 0) is 20.9 Å². The average Bonchev–Trinajstić information content (AvgIpc) is 3.05. The number of hydrogen-bond acceptors (Lipinski definition) is 7. The molecule has 0 N–H and O–H groups in total. The third-order valence-electron chi connectivity index (χ3n) is 5.78. The Hall–Kier alpha value is -3.25. The van der Waals surface area contributed by atoms with Gasteiger partial charge in [-0.25, -0.2) is 22.4 Å². The lowest BCUT2D eigenvalue weighted by atomic mass is 10.1. The van der Waals surface area contributed by atoms with E-state index >= 15 is 8.78 Å². The summed E-state index contributed by atoms with van der Waals surface area (Å²) in [4.78, 5) is 35.8. The molecule has 1 aromatic carbocycles. The molecule has 2 fully saturated rings. The smallest absolute Gasteiger partial charge is 0.414 e. The summed E-state index contributed by atoms with van der Waals surface area (Å²) in [5.41, 5.74) is 0.514. The van der Waals surface area contributed by atoms with Crippen LogP contribution in [0.4, 0.5) is 33.7 Å². The van der Waals surface area contributed by atoms with E-state index in [1.165, 1.54) is 4.90 Å². The number of aromatic nitrogens is 1. The number of carbonyl (C=O) groups excluding carboxylic acids is 2. The van der Waals surface area contributed by atoms with Crippen molar-refractivity contribution in [3.63, 3.8) is 0 Å². The number of benzene rings is 1. The van der Waals surface area contributed by atoms with Crippen molar-refractivity contribution in [3.05, 3.63) is 53.9 Å². The fraction of sp³-hybridized carbons (Fsp3) is 0.435. The van der Waals surface area contributed by atoms with Gasteiger partial charge in [-0.05, 0) is 18.6 Å². The Morgan fingerprint density at radius 2 is 1.91 bits per heavy atom. The first-order chi connectivity index (χ1) is 16.8. The van der Waals surface area contributed by atoms with Crippen molar-refractivity contribution >= 4 is 23.3 Å². The predicted molar refractivity (Wildman–Crippen MR) is 117 cm³/mol. The van der Waals surface area contributed by atoms with E-state index in [0.29, 0.717) is 19.6 Å². The van der Waals surface area contributed by atoms with Crippen molar-refractivity contribution in [3.8, 4) is 0 Å². The molecule has 2 aliphatic rings. The number of alkyl halides is 2. The van der Waals surface area contributed by atoms with Crippen molar-refractivity contribution in [1.29, 1.82) is 0 Å². The molecule has 8 nitrogen and oxygen atoms in total. The summed E-state index contributed by atoms with van der Waals surface area (Å²) < 4.78 is 59.9. The largest absolute Gasteiger partial charge is 0.444 e. The van der Waals surface area contributed by atoms with Crippen LogP contribution in [0.15, 0.2) is 36.5 Å². The number of ether oxygens (including phenoxy) is 1. The van der Waals surface area contributed by atoms with Gasteiger partial charge in [-0.2, -0.15) is 5.06 Å². The number of ketones is 1. The Labute approximate surface area is 199 Å². The Bertz CT molecular complexity index is 1040. The third kappa shape index (κ3) is 6.06. The second kappa shape index (κ2) is 11.0. The van der Waals surface area contributed by atoms with E-state index in [-0.39, 0.29) is 37.5 Å². The number of nitrogens with zero attached hydrogens (tertiary/aromatic N) is 4. The van der Waals surface area contributed by atoms with Crippen LogP contribution in [-0.4, -0.2) is 67.2 Å². The van der Waals surface area contributed by atoms with Gasteiger partial charge in [-0.1, -0.05) is 6.07 Å². The molecule has 2 saturated heterocycles. The van der Waals surface area contributed by atoms with Crippen molar-refractivity contribution < 1.29 is 36.7 Å². The predicted octanol–water partition coefficient (Wildman–Crippen LogP) is 3.55. The van der Waals surface area contributed by atoms with Gasteiger partial charge in [0.1, 0.15) is 11.8 Å². The maximum absolute atomic E-state index is 15.0. The Balaban J connectivity index is 1.40. The van der Waals surface area contributed by atoms with Crippen LogP contribution >= 0.6 is 0 Å². The van der Waals surface area contributed by atoms with Gasteiger partial charge in [-0.15, -0.1) is 0 Å². The van der Waals surface area contributed by atoms with Crippen LogP contribution < -0.4 is 9.80 Å². The van der Waals surface area contributed by atoms with Gasteiger partial charge in [0.25, 0.3) is 6.43 Å². The number of hydrogen-bond donors (Lipinski definition) is 0. The molecule has 4 rings (SSSR count). The van der Waals surface area contributed by atoms with Crippen LogP contribution in [0.3, 0.4) is 0 Å². The van der Waals surface area contributed by atoms with Gasteiger partial charge in [0.2, 0.25) is 0 Å². The molecule has 35 heavy (non-hydrogen) atoms. The van der Waals surface area contributed by atoms with E-state index in [4.69, 9.17) is 9.57 Å². The summed E-state index contributed by atoms with van der Waals surface area (Å²) in [6, 6.07) is 7.59. The Morgan fingerprint density at radius 1 is 1.14 bits per heavy atom. The van der Waals surface area contributed by atoms with Crippen molar-refractivity contribution in [2.24, 2.45) is 0 Å². The lowest BCUT2D eigenvalue weighted by Crippen LogP contribution is -2.32. The fourth-order valence-corrected chi connectivity index (χ4v) is 4.01. The highest BCUT2D eigenvalue weighted by molar-refractivity contribution is 5.90. The highest BCUT2D eigenvalue weighted by Crippen LogP contribution is 2.32. The molecule has 12 heteroatoms. The van der Waals surface area contributed by atoms with Crippen molar-refractivity contribution in [2.75, 3.05) is 42.6 Å². The zero-order chi connectivity index (χ0) is 24.9. The van der Waals surface area contributed by atoms with E-state index in [2.05, 4.69) is 4.98 Å². The monoisotopic (exact) mass is 496 g/mol. The number of pyridine rings is 1. The van der Waals surface area contributed by atoms with Gasteiger partial charge in [0.15, 0.2) is 17.4 Å². The quantitative estimate of drug-likeness (QED) is 0.518. The molecule has 2 aliphatic heterocycles. The first-order valence-corrected chi connectivity index (χ1v) is 11.1. The standard InChI is InChI=1S/C23H24F4N4O4/c24-18-11-16(31-14-17(35-23(31)33)4-5-20(32)22(26)27)12-19(25)21(18)29-7-8-30(34-10-9-29)13-15-3-1-2-6-28-15/h1-3,6,11-12,17,22H,4-5,7-10,13-14H2/t17-/m0/s1. The first-order valence-electron chi connectivity index (χ1n) is 11.1. The topological polar surface area (TPSA) is 75.2 Å². The molecular formula is C23H24F4N4O4. The summed E-state index contributed by atoms with van der Waals surface area (Å²) in [5.74, 6) is -2.97. The molecule has 1 aromatic heterocycles. The van der Waals surface area contributed by atoms with Crippen LogP contribution in [0.1, 0.15) is 18.5 Å². The van der Waals surface area contributed by atoms with Crippen molar-refractivity contribution in [1.82, 2.24) is 10.0 Å². The van der Waals surface area contributed by atoms with E-state index in [1.54, 1.807) is 17.3 Å². The molecule has 3 heterocycles. The summed E-state index contributed by atoms with van der Waals surface area (Å²) >= 11 is 0. The van der Waals surface area contributed by atoms with E-state index in [9.17, 15) is 18.4 Å². The van der Waals surface area contributed by atoms with Crippen LogP contribution in [0.2, 0.25) is 0 Å². The summed E-state index contributed by atoms with van der Waals surface area (Å²) in [6.07, 6.45) is -3.67. The van der Waals surface area contributed by atoms with Crippen LogP contribution in [0.5, 0.6) is 0 Å². The Morgan fingerprint density at radius 3 is 2.60 bits per heavy atom. The van der Waals surface area contributed by atoms with E-state index < -0.39 is 42.5 Å². The second-order valence-corrected chi connectivity index (χ2v) is 8.18. The number of amides is 1. The molecule has 188 valence electrons. The average molecular weight is 496 g/mol. The molecule has 1 amide bonds. The van der Waals surface area contributed by atoms with Crippen molar-refractivity contribution in [2.45, 2.75) is 31.9 Å². The highest BCUT2D eigenvalue weighted by Gasteiger charge is 2.34. The maximum atomic E-state index is 15.0. The molecule has 0 aliphatic carbocycles. The zero-order valence-electron chi connectivity index (χ0n) is 18.7. The lowest BCUT2D eigenvalue weighted by molar-refractivity contribution is -0.155. The van der Waals surface area contributed by atoms with Gasteiger partial charge in [-0.3, -0.25) is 19.5 Å². The van der Waals surface area contributed by atoms with E-state index in [1.807, 2.05) is 12.1 Å². The minimum absolute atomic E-state index is 0.0562. The molecule has 2 aromatic rings. The zero-order valence-corrected chi connectivity index (χ0v) is 18.7. The molecule has 0 saturated carbocycles. The number of cyclic esters (lactones) is 1. The van der Waals surface area contributed by atoms with Crippen LogP contribution in [0, 0.1) is 11.6 Å². The fourth-order valence-electron chi connectivity index (χ4n) is 4.01. The van der Waals surface area contributed by atoms with E-state index in [0.717, 1.165) is 22.7 Å². The number of carbonyl (C=O) groups is 2.